The number of hydrogen-bond acceptors (Lipinski definition) is 4. The van der Waals surface area contributed by atoms with E-state index in [4.69, 9.17) is 9.47 Å². The van der Waals surface area contributed by atoms with Gasteiger partial charge in [0.05, 0.1) is 0 Å². The topological polar surface area (TPSA) is 42.0 Å². The van der Waals surface area contributed by atoms with E-state index in [-0.39, 0.29) is 11.5 Å². The minimum Gasteiger partial charge on any atom is -0.485 e. The van der Waals surface area contributed by atoms with Crippen LogP contribution in [0.2, 0.25) is 0 Å². The second-order valence-electron chi connectivity index (χ2n) is 9.82. The van der Waals surface area contributed by atoms with Crippen LogP contribution in [0, 0.1) is 0 Å². The zero-order valence-corrected chi connectivity index (χ0v) is 20.0. The molecule has 2 heterocycles. The lowest BCUT2D eigenvalue weighted by Crippen LogP contribution is -2.48. The Kier molecular flexibility index (Phi) is 6.29. The molecule has 0 aromatic heterocycles. The van der Waals surface area contributed by atoms with Gasteiger partial charge >= 0.3 is 0 Å². The Hall–Kier alpha value is -3.31. The molecule has 0 bridgehead atoms. The molecular formula is C29H32N2O3. The maximum absolute atomic E-state index is 13.0. The monoisotopic (exact) mass is 456 g/mol. The van der Waals surface area contributed by atoms with Gasteiger partial charge in [0.25, 0.3) is 5.91 Å². The standard InChI is InChI=1S/C29H32N2O3/c1-29(2)19-25-9-6-10-26(27(25)34-29)33-21-23-11-13-24(14-12-23)28(32)31-17-15-30(16-18-31)20-22-7-4-3-5-8-22/h3-14H,15-21H2,1-2H3. The maximum atomic E-state index is 13.0. The van der Waals surface area contributed by atoms with Crippen LogP contribution < -0.4 is 9.47 Å². The highest BCUT2D eigenvalue weighted by Crippen LogP contribution is 2.41. The third-order valence-corrected chi connectivity index (χ3v) is 6.56. The minimum absolute atomic E-state index is 0.100. The van der Waals surface area contributed by atoms with Crippen LogP contribution in [0.25, 0.3) is 0 Å². The highest BCUT2D eigenvalue weighted by molar-refractivity contribution is 5.94. The summed E-state index contributed by atoms with van der Waals surface area (Å²) < 4.78 is 12.2. The molecule has 3 aromatic rings. The summed E-state index contributed by atoms with van der Waals surface area (Å²) in [4.78, 5) is 17.4. The maximum Gasteiger partial charge on any atom is 0.253 e. The molecule has 0 saturated carbocycles. The van der Waals surface area contributed by atoms with E-state index in [1.54, 1.807) is 0 Å². The summed E-state index contributed by atoms with van der Waals surface area (Å²) in [6.45, 7) is 8.86. The first-order valence-electron chi connectivity index (χ1n) is 12.1. The summed E-state index contributed by atoms with van der Waals surface area (Å²) in [5.41, 5.74) is 4.06. The van der Waals surface area contributed by atoms with Gasteiger partial charge in [0.1, 0.15) is 12.2 Å². The predicted octanol–water partition coefficient (Wildman–Crippen LogP) is 4.94. The zero-order valence-electron chi connectivity index (χ0n) is 20.0. The van der Waals surface area contributed by atoms with Crippen LogP contribution in [0.3, 0.4) is 0 Å². The van der Waals surface area contributed by atoms with Crippen molar-refractivity contribution in [3.8, 4) is 11.5 Å². The Morgan fingerprint density at radius 3 is 2.35 bits per heavy atom. The van der Waals surface area contributed by atoms with Crippen LogP contribution in [0.5, 0.6) is 11.5 Å². The molecule has 0 radical (unpaired) electrons. The van der Waals surface area contributed by atoms with Crippen molar-refractivity contribution in [3.63, 3.8) is 0 Å². The molecule has 5 nitrogen and oxygen atoms in total. The van der Waals surface area contributed by atoms with Gasteiger partial charge in [0.2, 0.25) is 0 Å². The number of amides is 1. The first-order valence-corrected chi connectivity index (χ1v) is 12.1. The van der Waals surface area contributed by atoms with Crippen molar-refractivity contribution in [1.82, 2.24) is 9.80 Å². The number of rotatable bonds is 6. The van der Waals surface area contributed by atoms with E-state index < -0.39 is 0 Å². The summed E-state index contributed by atoms with van der Waals surface area (Å²) in [5.74, 6) is 1.73. The van der Waals surface area contributed by atoms with Crippen molar-refractivity contribution in [3.05, 3.63) is 95.1 Å². The van der Waals surface area contributed by atoms with Crippen molar-refractivity contribution in [2.24, 2.45) is 0 Å². The van der Waals surface area contributed by atoms with Gasteiger partial charge in [-0.1, -0.05) is 54.6 Å². The second-order valence-corrected chi connectivity index (χ2v) is 9.82. The number of benzene rings is 3. The van der Waals surface area contributed by atoms with Crippen molar-refractivity contribution in [2.75, 3.05) is 26.2 Å². The third-order valence-electron chi connectivity index (χ3n) is 6.56. The van der Waals surface area contributed by atoms with Crippen molar-refractivity contribution in [1.29, 1.82) is 0 Å². The molecular weight excluding hydrogens is 424 g/mol. The van der Waals surface area contributed by atoms with Crippen LogP contribution >= 0.6 is 0 Å². The normalized spacial score (nSPS) is 17.2. The van der Waals surface area contributed by atoms with Crippen LogP contribution in [0.15, 0.2) is 72.8 Å². The molecule has 0 unspecified atom stereocenters. The van der Waals surface area contributed by atoms with Crippen LogP contribution in [0.4, 0.5) is 0 Å². The van der Waals surface area contributed by atoms with Gasteiger partial charge < -0.3 is 14.4 Å². The van der Waals surface area contributed by atoms with Gasteiger partial charge in [-0.05, 0) is 43.2 Å². The number of piperazine rings is 1. The van der Waals surface area contributed by atoms with E-state index in [2.05, 4.69) is 49.1 Å². The lowest BCUT2D eigenvalue weighted by molar-refractivity contribution is 0.0628. The van der Waals surface area contributed by atoms with Crippen LogP contribution in [0.1, 0.15) is 40.9 Å². The molecule has 34 heavy (non-hydrogen) atoms. The summed E-state index contributed by atoms with van der Waals surface area (Å²) >= 11 is 0. The molecule has 5 rings (SSSR count). The Labute approximate surface area is 201 Å². The number of carbonyl (C=O) groups is 1. The lowest BCUT2D eigenvalue weighted by atomic mass is 10.0. The van der Waals surface area contributed by atoms with Crippen molar-refractivity contribution >= 4 is 5.91 Å². The number of para-hydroxylation sites is 1. The van der Waals surface area contributed by atoms with E-state index >= 15 is 0 Å². The largest absolute Gasteiger partial charge is 0.485 e. The van der Waals surface area contributed by atoms with Gasteiger partial charge in [0, 0.05) is 50.3 Å². The molecule has 0 spiro atoms. The van der Waals surface area contributed by atoms with Gasteiger partial charge in [-0.15, -0.1) is 0 Å². The van der Waals surface area contributed by atoms with E-state index in [0.29, 0.717) is 6.61 Å². The summed E-state index contributed by atoms with van der Waals surface area (Å²) in [5, 5.41) is 0. The third kappa shape index (κ3) is 5.10. The van der Waals surface area contributed by atoms with Crippen LogP contribution in [-0.2, 0) is 19.6 Å². The van der Waals surface area contributed by atoms with E-state index in [0.717, 1.165) is 61.8 Å². The Morgan fingerprint density at radius 1 is 0.882 bits per heavy atom. The number of fused-ring (bicyclic) bond motifs is 1. The Morgan fingerprint density at radius 2 is 1.62 bits per heavy atom. The van der Waals surface area contributed by atoms with Gasteiger partial charge in [0.15, 0.2) is 11.5 Å². The molecule has 2 aliphatic rings. The first-order chi connectivity index (χ1) is 16.5. The molecule has 176 valence electrons. The molecule has 2 aliphatic heterocycles. The van der Waals surface area contributed by atoms with Gasteiger partial charge in [-0.25, -0.2) is 0 Å². The molecule has 0 atom stereocenters. The summed E-state index contributed by atoms with van der Waals surface area (Å²) in [7, 11) is 0. The SMILES string of the molecule is CC1(C)Cc2cccc(OCc3ccc(C(=O)N4CCN(Cc5ccccc5)CC4)cc3)c2O1. The Balaban J connectivity index is 1.14. The quantitative estimate of drug-likeness (QED) is 0.527. The number of nitrogens with zero attached hydrogens (tertiary/aromatic N) is 2. The molecule has 0 aliphatic carbocycles. The minimum atomic E-state index is -0.198. The first kappa shape index (κ1) is 22.5. The lowest BCUT2D eigenvalue weighted by Gasteiger charge is -2.34. The van der Waals surface area contributed by atoms with Gasteiger partial charge in [-0.2, -0.15) is 0 Å². The fourth-order valence-electron chi connectivity index (χ4n) is 4.74. The van der Waals surface area contributed by atoms with Crippen LogP contribution in [-0.4, -0.2) is 47.5 Å². The molecule has 5 heteroatoms. The highest BCUT2D eigenvalue weighted by atomic mass is 16.5. The van der Waals surface area contributed by atoms with Crippen molar-refractivity contribution < 1.29 is 14.3 Å². The summed E-state index contributed by atoms with van der Waals surface area (Å²) in [6, 6.07) is 24.3. The molecule has 1 saturated heterocycles. The molecule has 3 aromatic carbocycles. The zero-order chi connectivity index (χ0) is 23.5. The molecule has 1 amide bonds. The van der Waals surface area contributed by atoms with E-state index in [1.807, 2.05) is 47.4 Å². The predicted molar refractivity (Wildman–Crippen MR) is 133 cm³/mol. The highest BCUT2D eigenvalue weighted by Gasteiger charge is 2.32. The average molecular weight is 457 g/mol. The molecule has 0 N–H and O–H groups in total. The fourth-order valence-corrected chi connectivity index (χ4v) is 4.74. The number of hydrogen-bond donors (Lipinski definition) is 0. The average Bonchev–Trinajstić information content (AvgIpc) is 3.18. The second kappa shape index (κ2) is 9.51. The number of ether oxygens (including phenoxy) is 2. The number of carbonyl (C=O) groups excluding carboxylic acids is 1. The smallest absolute Gasteiger partial charge is 0.253 e. The fraction of sp³-hybridized carbons (Fsp3) is 0.345. The van der Waals surface area contributed by atoms with Crippen molar-refractivity contribution in [2.45, 2.75) is 39.0 Å². The molecule has 1 fully saturated rings. The van der Waals surface area contributed by atoms with E-state index in [9.17, 15) is 4.79 Å². The van der Waals surface area contributed by atoms with E-state index in [1.165, 1.54) is 11.1 Å². The summed E-state index contributed by atoms with van der Waals surface area (Å²) in [6.07, 6.45) is 0.886. The Bertz CT molecular complexity index is 1130. The van der Waals surface area contributed by atoms with Gasteiger partial charge in [-0.3, -0.25) is 9.69 Å².